The Morgan fingerprint density at radius 3 is 2.75 bits per heavy atom. The molecule has 1 atom stereocenters. The zero-order valence-corrected chi connectivity index (χ0v) is 16.8. The summed E-state index contributed by atoms with van der Waals surface area (Å²) in [6, 6.07) is 11.3. The summed E-state index contributed by atoms with van der Waals surface area (Å²) < 4.78 is 0. The van der Waals surface area contributed by atoms with Crippen LogP contribution in [0.1, 0.15) is 35.8 Å². The third-order valence-electron chi connectivity index (χ3n) is 5.16. The fourth-order valence-corrected chi connectivity index (χ4v) is 3.82. The van der Waals surface area contributed by atoms with Gasteiger partial charge in [-0.2, -0.15) is 0 Å². The number of carbonyl (C=O) groups excluding carboxylic acids is 1. The third-order valence-corrected chi connectivity index (χ3v) is 5.41. The molecule has 1 aliphatic rings. The summed E-state index contributed by atoms with van der Waals surface area (Å²) in [7, 11) is 0. The Morgan fingerprint density at radius 2 is 2.00 bits per heavy atom. The Kier molecular flexibility index (Phi) is 5.18. The Labute approximate surface area is 169 Å². The van der Waals surface area contributed by atoms with Crippen LogP contribution in [0.2, 0.25) is 5.02 Å². The lowest BCUT2D eigenvalue weighted by Gasteiger charge is -2.31. The number of aryl methyl sites for hydroxylation is 1. The van der Waals surface area contributed by atoms with Gasteiger partial charge in [0.05, 0.1) is 11.3 Å². The van der Waals surface area contributed by atoms with Crippen molar-refractivity contribution in [3.63, 3.8) is 0 Å². The number of anilines is 2. The number of pyridine rings is 2. The maximum absolute atomic E-state index is 13.3. The van der Waals surface area contributed by atoms with Crippen LogP contribution in [0, 0.1) is 12.8 Å². The zero-order chi connectivity index (χ0) is 19.7. The highest BCUT2D eigenvalue weighted by Gasteiger charge is 2.25. The highest BCUT2D eigenvalue weighted by molar-refractivity contribution is 6.30. The van der Waals surface area contributed by atoms with Crippen LogP contribution in [0.15, 0.2) is 42.6 Å². The van der Waals surface area contributed by atoms with Gasteiger partial charge in [0.15, 0.2) is 5.65 Å². The number of nitrogens with one attached hydrogen (secondary N) is 1. The van der Waals surface area contributed by atoms with Crippen molar-refractivity contribution in [1.29, 1.82) is 0 Å². The number of hydrogen-bond donors (Lipinski definition) is 1. The lowest BCUT2D eigenvalue weighted by Crippen LogP contribution is -2.39. The summed E-state index contributed by atoms with van der Waals surface area (Å²) in [4.78, 5) is 24.3. The number of likely N-dealkylation sites (tertiary alicyclic amines) is 1. The normalized spacial score (nSPS) is 17.0. The highest BCUT2D eigenvalue weighted by Crippen LogP contribution is 2.31. The maximum Gasteiger partial charge on any atom is 0.257 e. The van der Waals surface area contributed by atoms with Crippen molar-refractivity contribution in [2.24, 2.45) is 5.92 Å². The predicted molar refractivity (Wildman–Crippen MR) is 113 cm³/mol. The Morgan fingerprint density at radius 1 is 1.21 bits per heavy atom. The van der Waals surface area contributed by atoms with E-state index < -0.39 is 0 Å². The average molecular weight is 395 g/mol. The number of rotatable bonds is 3. The molecule has 0 spiro atoms. The molecule has 0 aliphatic carbocycles. The molecule has 6 heteroatoms. The molecule has 1 saturated heterocycles. The molecule has 0 bridgehead atoms. The van der Waals surface area contributed by atoms with Crippen molar-refractivity contribution in [2.75, 3.05) is 18.4 Å². The van der Waals surface area contributed by atoms with Gasteiger partial charge in [-0.05, 0) is 62.1 Å². The minimum atomic E-state index is 0.0120. The van der Waals surface area contributed by atoms with Crippen molar-refractivity contribution < 1.29 is 4.79 Å². The van der Waals surface area contributed by atoms with E-state index in [0.717, 1.165) is 42.0 Å². The maximum atomic E-state index is 13.3. The van der Waals surface area contributed by atoms with E-state index in [1.54, 1.807) is 6.20 Å². The monoisotopic (exact) mass is 394 g/mol. The van der Waals surface area contributed by atoms with Gasteiger partial charge in [0.25, 0.3) is 5.91 Å². The van der Waals surface area contributed by atoms with Gasteiger partial charge in [-0.3, -0.25) is 4.79 Å². The molecule has 2 aromatic heterocycles. The second-order valence-corrected chi connectivity index (χ2v) is 7.94. The topological polar surface area (TPSA) is 58.1 Å². The van der Waals surface area contributed by atoms with Crippen LogP contribution in [-0.2, 0) is 0 Å². The van der Waals surface area contributed by atoms with E-state index in [1.165, 1.54) is 6.42 Å². The molecule has 3 aromatic rings. The molecular formula is C22H23ClN4O. The summed E-state index contributed by atoms with van der Waals surface area (Å²) in [5.41, 5.74) is 3.69. The van der Waals surface area contributed by atoms with E-state index in [-0.39, 0.29) is 5.91 Å². The summed E-state index contributed by atoms with van der Waals surface area (Å²) in [6.07, 6.45) is 3.85. The van der Waals surface area contributed by atoms with Crippen LogP contribution in [0.3, 0.4) is 0 Å². The van der Waals surface area contributed by atoms with Gasteiger partial charge in [-0.15, -0.1) is 0 Å². The Hall–Kier alpha value is -2.66. The molecule has 1 fully saturated rings. The number of piperidine rings is 1. The first kappa shape index (κ1) is 18.7. The van der Waals surface area contributed by atoms with Gasteiger partial charge in [-0.25, -0.2) is 9.97 Å². The fraction of sp³-hybridized carbons (Fsp3) is 0.318. The number of aromatic nitrogens is 2. The molecule has 1 amide bonds. The number of fused-ring (bicyclic) bond motifs is 1. The van der Waals surface area contributed by atoms with Gasteiger partial charge in [0.1, 0.15) is 0 Å². The quantitative estimate of drug-likeness (QED) is 0.662. The van der Waals surface area contributed by atoms with Crippen molar-refractivity contribution in [1.82, 2.24) is 14.9 Å². The molecule has 0 radical (unpaired) electrons. The summed E-state index contributed by atoms with van der Waals surface area (Å²) in [6.45, 7) is 5.69. The van der Waals surface area contributed by atoms with Gasteiger partial charge in [-0.1, -0.05) is 18.5 Å². The van der Waals surface area contributed by atoms with E-state index in [2.05, 4.69) is 22.2 Å². The predicted octanol–water partition coefficient (Wildman–Crippen LogP) is 5.21. The zero-order valence-electron chi connectivity index (χ0n) is 16.1. The van der Waals surface area contributed by atoms with Crippen molar-refractivity contribution in [2.45, 2.75) is 26.7 Å². The van der Waals surface area contributed by atoms with Crippen molar-refractivity contribution in [3.8, 4) is 0 Å². The molecular weight excluding hydrogens is 372 g/mol. The molecule has 144 valence electrons. The van der Waals surface area contributed by atoms with Crippen LogP contribution in [0.5, 0.6) is 0 Å². The minimum absolute atomic E-state index is 0.0120. The molecule has 0 saturated carbocycles. The van der Waals surface area contributed by atoms with Crippen LogP contribution < -0.4 is 5.32 Å². The number of nitrogens with zero attached hydrogens (tertiary/aromatic N) is 3. The number of carbonyl (C=O) groups is 1. The van der Waals surface area contributed by atoms with E-state index >= 15 is 0 Å². The van der Waals surface area contributed by atoms with Crippen LogP contribution >= 0.6 is 11.6 Å². The Bertz CT molecular complexity index is 1020. The minimum Gasteiger partial charge on any atom is -0.354 e. The molecule has 5 nitrogen and oxygen atoms in total. The highest BCUT2D eigenvalue weighted by atomic mass is 35.5. The smallest absolute Gasteiger partial charge is 0.257 e. The molecule has 3 heterocycles. The molecule has 1 aliphatic heterocycles. The number of benzene rings is 1. The number of halogens is 1. The van der Waals surface area contributed by atoms with Gasteiger partial charge < -0.3 is 10.2 Å². The second-order valence-electron chi connectivity index (χ2n) is 7.50. The lowest BCUT2D eigenvalue weighted by atomic mass is 9.99. The number of hydrogen-bond acceptors (Lipinski definition) is 4. The van der Waals surface area contributed by atoms with Crippen molar-refractivity contribution >= 4 is 39.9 Å². The van der Waals surface area contributed by atoms with Crippen LogP contribution in [0.4, 0.5) is 11.4 Å². The molecule has 28 heavy (non-hydrogen) atoms. The molecule has 1 aromatic carbocycles. The molecule has 4 rings (SSSR count). The lowest BCUT2D eigenvalue weighted by molar-refractivity contribution is 0.0684. The number of amides is 1. The SMILES string of the molecule is Cc1ccc2c(Nc3ccc(Cl)cc3)c(C(=O)N3CCC[C@@H](C)C3)cnc2n1. The van der Waals surface area contributed by atoms with Gasteiger partial charge in [0, 0.05) is 41.1 Å². The molecule has 0 unspecified atom stereocenters. The fourth-order valence-electron chi connectivity index (χ4n) is 3.69. The first-order chi connectivity index (χ1) is 13.5. The summed E-state index contributed by atoms with van der Waals surface area (Å²) in [5.74, 6) is 0.529. The van der Waals surface area contributed by atoms with Gasteiger partial charge >= 0.3 is 0 Å². The largest absolute Gasteiger partial charge is 0.354 e. The second kappa shape index (κ2) is 7.76. The average Bonchev–Trinajstić information content (AvgIpc) is 2.69. The van der Waals surface area contributed by atoms with Crippen molar-refractivity contribution in [3.05, 3.63) is 58.9 Å². The van der Waals surface area contributed by atoms with Crippen LogP contribution in [-0.4, -0.2) is 33.9 Å². The summed E-state index contributed by atoms with van der Waals surface area (Å²) in [5, 5.41) is 4.90. The van der Waals surface area contributed by atoms with E-state index in [1.807, 2.05) is 48.2 Å². The van der Waals surface area contributed by atoms with Gasteiger partial charge in [0.2, 0.25) is 0 Å². The van der Waals surface area contributed by atoms with E-state index in [0.29, 0.717) is 22.2 Å². The van der Waals surface area contributed by atoms with E-state index in [4.69, 9.17) is 11.6 Å². The summed E-state index contributed by atoms with van der Waals surface area (Å²) >= 11 is 6.02. The van der Waals surface area contributed by atoms with Crippen LogP contribution in [0.25, 0.3) is 11.0 Å². The first-order valence-electron chi connectivity index (χ1n) is 9.59. The Balaban J connectivity index is 1.79. The standard InChI is InChI=1S/C22H23ClN4O/c1-14-4-3-11-27(13-14)22(28)19-12-24-21-18(10-5-15(2)25-21)20(19)26-17-8-6-16(23)7-9-17/h5-10,12,14H,3-4,11,13H2,1-2H3,(H,24,25,26)/t14-/m1/s1. The third kappa shape index (κ3) is 3.80. The van der Waals surface area contributed by atoms with E-state index in [9.17, 15) is 4.79 Å². The molecule has 1 N–H and O–H groups in total. The first-order valence-corrected chi connectivity index (χ1v) is 9.97.